The Hall–Kier alpha value is -1.40. The summed E-state index contributed by atoms with van der Waals surface area (Å²) < 4.78 is 6.44. The normalized spacial score (nSPS) is 28.7. The fourth-order valence-electron chi connectivity index (χ4n) is 5.84. The van der Waals surface area contributed by atoms with E-state index in [1.165, 1.54) is 56.7 Å². The highest BCUT2D eigenvalue weighted by molar-refractivity contribution is 5.49. The van der Waals surface area contributed by atoms with Gasteiger partial charge in [-0.1, -0.05) is 56.5 Å². The summed E-state index contributed by atoms with van der Waals surface area (Å²) in [7, 11) is 2.21. The van der Waals surface area contributed by atoms with Crippen LogP contribution in [0.2, 0.25) is 0 Å². The van der Waals surface area contributed by atoms with Crippen LogP contribution in [0.3, 0.4) is 0 Å². The van der Waals surface area contributed by atoms with Crippen molar-refractivity contribution in [2.24, 2.45) is 5.92 Å². The van der Waals surface area contributed by atoms with Gasteiger partial charge < -0.3 is 24.7 Å². The van der Waals surface area contributed by atoms with Gasteiger partial charge in [-0.2, -0.15) is 0 Å². The largest absolute Gasteiger partial charge is 0.489 e. The Morgan fingerprint density at radius 2 is 1.94 bits per heavy atom. The molecule has 1 aliphatic carbocycles. The predicted octanol–water partition coefficient (Wildman–Crippen LogP) is 3.98. The molecule has 2 heterocycles. The topological polar surface area (TPSA) is 56.2 Å². The van der Waals surface area contributed by atoms with E-state index in [1.807, 2.05) is 6.08 Å². The van der Waals surface area contributed by atoms with Gasteiger partial charge in [0.05, 0.1) is 12.2 Å². The number of benzene rings is 1. The van der Waals surface area contributed by atoms with Crippen molar-refractivity contribution < 1.29 is 14.9 Å². The molecular formula is C28H44N2O3. The highest BCUT2D eigenvalue weighted by atomic mass is 16.5. The fourth-order valence-corrected chi connectivity index (χ4v) is 5.84. The number of aryl methyl sites for hydroxylation is 1. The number of nitrogens with zero attached hydrogens (tertiary/aromatic N) is 2. The van der Waals surface area contributed by atoms with Gasteiger partial charge in [0, 0.05) is 50.0 Å². The van der Waals surface area contributed by atoms with Crippen molar-refractivity contribution in [1.29, 1.82) is 0 Å². The molecule has 0 spiro atoms. The monoisotopic (exact) mass is 456 g/mol. The lowest BCUT2D eigenvalue weighted by molar-refractivity contribution is 0.135. The van der Waals surface area contributed by atoms with E-state index < -0.39 is 12.2 Å². The Labute approximate surface area is 200 Å². The summed E-state index contributed by atoms with van der Waals surface area (Å²) in [6.07, 6.45) is 11.5. The summed E-state index contributed by atoms with van der Waals surface area (Å²) >= 11 is 0. The van der Waals surface area contributed by atoms with Crippen LogP contribution in [0.4, 0.5) is 0 Å². The van der Waals surface area contributed by atoms with Crippen molar-refractivity contribution in [1.82, 2.24) is 9.80 Å². The third-order valence-electron chi connectivity index (χ3n) is 7.91. The number of hydrogen-bond acceptors (Lipinski definition) is 5. The van der Waals surface area contributed by atoms with E-state index in [1.54, 1.807) is 0 Å². The molecule has 3 aliphatic rings. The number of likely N-dealkylation sites (N-methyl/N-ethyl adjacent to an activating group) is 1. The third kappa shape index (κ3) is 6.19. The number of aliphatic hydroxyl groups excluding tert-OH is 2. The summed E-state index contributed by atoms with van der Waals surface area (Å²) in [6, 6.07) is 6.56. The first kappa shape index (κ1) is 24.7. The van der Waals surface area contributed by atoms with Gasteiger partial charge in [-0.25, -0.2) is 0 Å². The van der Waals surface area contributed by atoms with E-state index in [0.717, 1.165) is 37.9 Å². The first-order chi connectivity index (χ1) is 16.1. The zero-order valence-corrected chi connectivity index (χ0v) is 20.7. The molecule has 0 radical (unpaired) electrons. The lowest BCUT2D eigenvalue weighted by atomic mass is 9.86. The highest BCUT2D eigenvalue weighted by Gasteiger charge is 2.48. The molecule has 184 valence electrons. The van der Waals surface area contributed by atoms with Gasteiger partial charge in [0.2, 0.25) is 0 Å². The molecular weight excluding hydrogens is 412 g/mol. The molecule has 33 heavy (non-hydrogen) atoms. The van der Waals surface area contributed by atoms with E-state index in [9.17, 15) is 10.2 Å². The molecule has 5 atom stereocenters. The van der Waals surface area contributed by atoms with Crippen LogP contribution >= 0.6 is 0 Å². The maximum atomic E-state index is 10.7. The van der Waals surface area contributed by atoms with Crippen LogP contribution in [-0.4, -0.2) is 78.1 Å². The van der Waals surface area contributed by atoms with E-state index in [0.29, 0.717) is 6.42 Å². The zero-order chi connectivity index (χ0) is 23.2. The van der Waals surface area contributed by atoms with Crippen molar-refractivity contribution in [3.05, 3.63) is 41.5 Å². The minimum absolute atomic E-state index is 0.0181. The molecule has 0 unspecified atom stereocenters. The minimum atomic E-state index is -0.420. The maximum absolute atomic E-state index is 10.7. The second-order valence-corrected chi connectivity index (χ2v) is 10.4. The van der Waals surface area contributed by atoms with Gasteiger partial charge in [0.25, 0.3) is 0 Å². The van der Waals surface area contributed by atoms with Crippen LogP contribution < -0.4 is 4.74 Å². The van der Waals surface area contributed by atoms with E-state index >= 15 is 0 Å². The number of hydrogen-bond donors (Lipinski definition) is 2. The first-order valence-electron chi connectivity index (χ1n) is 13.3. The predicted molar refractivity (Wildman–Crippen MR) is 134 cm³/mol. The Morgan fingerprint density at radius 1 is 1.12 bits per heavy atom. The lowest BCUT2D eigenvalue weighted by Gasteiger charge is -2.32. The average Bonchev–Trinajstić information content (AvgIpc) is 3.31. The van der Waals surface area contributed by atoms with Crippen molar-refractivity contribution >= 4 is 0 Å². The molecule has 2 aliphatic heterocycles. The number of rotatable bonds is 11. The second-order valence-electron chi connectivity index (χ2n) is 10.4. The van der Waals surface area contributed by atoms with Crippen LogP contribution in [0.25, 0.3) is 0 Å². The molecule has 0 amide bonds. The van der Waals surface area contributed by atoms with Gasteiger partial charge >= 0.3 is 0 Å². The number of unbranched alkanes of at least 4 members (excludes halogenated alkanes) is 3. The van der Waals surface area contributed by atoms with Crippen molar-refractivity contribution in [2.75, 3.05) is 39.8 Å². The Morgan fingerprint density at radius 3 is 2.73 bits per heavy atom. The number of ether oxygens (including phenoxy) is 1. The molecule has 1 saturated carbocycles. The van der Waals surface area contributed by atoms with Crippen LogP contribution in [0.15, 0.2) is 30.4 Å². The quantitative estimate of drug-likeness (QED) is 0.390. The second kappa shape index (κ2) is 11.8. The van der Waals surface area contributed by atoms with Gasteiger partial charge in [0.15, 0.2) is 0 Å². The molecule has 0 bridgehead atoms. The number of piperazine rings is 1. The summed E-state index contributed by atoms with van der Waals surface area (Å²) in [6.45, 7) is 8.10. The summed E-state index contributed by atoms with van der Waals surface area (Å²) in [5.41, 5.74) is 2.57. The third-order valence-corrected chi connectivity index (χ3v) is 7.91. The first-order valence-corrected chi connectivity index (χ1v) is 13.3. The molecule has 1 aromatic rings. The van der Waals surface area contributed by atoms with Gasteiger partial charge in [-0.05, 0) is 44.8 Å². The molecule has 4 rings (SSSR count). The number of fused-ring (bicyclic) bond motifs is 3. The molecule has 1 aromatic carbocycles. The van der Waals surface area contributed by atoms with Crippen molar-refractivity contribution in [2.45, 2.75) is 82.5 Å². The molecule has 2 N–H and O–H groups in total. The van der Waals surface area contributed by atoms with Crippen molar-refractivity contribution in [3.63, 3.8) is 0 Å². The maximum Gasteiger partial charge on any atom is 0.126 e. The Kier molecular flexibility index (Phi) is 8.86. The Bertz CT molecular complexity index is 774. The molecule has 5 heteroatoms. The smallest absolute Gasteiger partial charge is 0.126 e. The fraction of sp³-hybridized carbons (Fsp3) is 0.714. The summed E-state index contributed by atoms with van der Waals surface area (Å²) in [5.74, 6) is 1.28. The highest BCUT2D eigenvalue weighted by Crippen LogP contribution is 2.52. The molecule has 5 nitrogen and oxygen atoms in total. The average molecular weight is 457 g/mol. The van der Waals surface area contributed by atoms with Crippen LogP contribution in [0.5, 0.6) is 5.75 Å². The Balaban J connectivity index is 1.33. The SMILES string of the molecule is CCCCC[C@H](O)C=C[C@@H]1[C@H]2c3cccc(CCCCN4CCN(C)CC4)c3O[C@H]2C[C@H]1O. The number of para-hydroxylation sites is 1. The van der Waals surface area contributed by atoms with E-state index in [4.69, 9.17) is 4.74 Å². The lowest BCUT2D eigenvalue weighted by Crippen LogP contribution is -2.44. The number of aliphatic hydroxyl groups is 2. The van der Waals surface area contributed by atoms with Crippen LogP contribution in [0, 0.1) is 5.92 Å². The zero-order valence-electron chi connectivity index (χ0n) is 20.7. The van der Waals surface area contributed by atoms with Gasteiger partial charge in [-0.3, -0.25) is 0 Å². The van der Waals surface area contributed by atoms with Gasteiger partial charge in [-0.15, -0.1) is 0 Å². The van der Waals surface area contributed by atoms with E-state index in [-0.39, 0.29) is 17.9 Å². The summed E-state index contributed by atoms with van der Waals surface area (Å²) in [4.78, 5) is 5.00. The van der Waals surface area contributed by atoms with Crippen molar-refractivity contribution in [3.8, 4) is 5.75 Å². The molecule has 2 fully saturated rings. The molecule has 0 aromatic heterocycles. The summed E-state index contributed by atoms with van der Waals surface area (Å²) in [5, 5.41) is 21.0. The molecule has 1 saturated heterocycles. The van der Waals surface area contributed by atoms with Crippen LogP contribution in [-0.2, 0) is 6.42 Å². The van der Waals surface area contributed by atoms with Crippen LogP contribution in [0.1, 0.15) is 68.9 Å². The van der Waals surface area contributed by atoms with Gasteiger partial charge in [0.1, 0.15) is 11.9 Å². The van der Waals surface area contributed by atoms with E-state index in [2.05, 4.69) is 48.0 Å². The minimum Gasteiger partial charge on any atom is -0.489 e. The standard InChI is InChI=1S/C28H44N2O3/c1-3-4-5-11-22(31)13-14-23-25(32)20-26-27(23)24-12-8-10-21(28(24)33-26)9-6-7-15-30-18-16-29(2)17-19-30/h8,10,12-14,22-23,25-27,31-32H,3-7,9,11,15-20H2,1-2H3/t22-,23-,25+,26-,27-/m0/s1.